The first-order valence-electron chi connectivity index (χ1n) is 6.97. The van der Waals surface area contributed by atoms with Gasteiger partial charge in [-0.1, -0.05) is 33.6 Å². The highest BCUT2D eigenvalue weighted by atomic mass is 79.9. The van der Waals surface area contributed by atoms with Crippen LogP contribution in [0.4, 0.5) is 5.69 Å². The lowest BCUT2D eigenvalue weighted by atomic mass is 10.2. The lowest BCUT2D eigenvalue weighted by molar-refractivity contribution is 0.141. The van der Waals surface area contributed by atoms with Crippen LogP contribution in [0.25, 0.3) is 0 Å². The molecule has 0 saturated carbocycles. The van der Waals surface area contributed by atoms with Crippen molar-refractivity contribution in [3.05, 3.63) is 28.8 Å². The first kappa shape index (κ1) is 17.8. The zero-order valence-corrected chi connectivity index (χ0v) is 14.5. The van der Waals surface area contributed by atoms with Gasteiger partial charge >= 0.3 is 0 Å². The topological polar surface area (TPSA) is 21.7 Å². The molecule has 0 aliphatic rings. The van der Waals surface area contributed by atoms with Gasteiger partial charge in [0, 0.05) is 42.3 Å². The maximum atomic E-state index is 6.14. The Hall–Kier alpha value is -0.290. The summed E-state index contributed by atoms with van der Waals surface area (Å²) in [4.78, 5) is 2.27. The molecule has 0 radical (unpaired) electrons. The summed E-state index contributed by atoms with van der Waals surface area (Å²) in [5.74, 6) is 0. The molecule has 0 aromatic heterocycles. The molecule has 0 fully saturated rings. The van der Waals surface area contributed by atoms with Crippen LogP contribution in [0.5, 0.6) is 0 Å². The van der Waals surface area contributed by atoms with Gasteiger partial charge in [0.15, 0.2) is 0 Å². The Labute approximate surface area is 135 Å². The van der Waals surface area contributed by atoms with E-state index in [1.165, 1.54) is 5.56 Å². The fourth-order valence-electron chi connectivity index (χ4n) is 1.94. The van der Waals surface area contributed by atoms with Crippen LogP contribution < -0.4 is 4.90 Å². The van der Waals surface area contributed by atoms with Gasteiger partial charge in [-0.25, -0.2) is 0 Å². The third-order valence-electron chi connectivity index (χ3n) is 2.95. The van der Waals surface area contributed by atoms with Crippen LogP contribution >= 0.6 is 27.5 Å². The normalized spacial score (nSPS) is 10.8. The summed E-state index contributed by atoms with van der Waals surface area (Å²) in [5, 5.41) is 1.56. The summed E-state index contributed by atoms with van der Waals surface area (Å²) < 4.78 is 10.9. The van der Waals surface area contributed by atoms with Crippen molar-refractivity contribution in [2.45, 2.75) is 19.2 Å². The molecule has 1 aromatic rings. The van der Waals surface area contributed by atoms with E-state index in [-0.39, 0.29) is 0 Å². The van der Waals surface area contributed by atoms with Crippen molar-refractivity contribution < 1.29 is 9.47 Å². The molecule has 0 aliphatic heterocycles. The van der Waals surface area contributed by atoms with Gasteiger partial charge in [-0.05, 0) is 31.5 Å². The van der Waals surface area contributed by atoms with Gasteiger partial charge in [0.1, 0.15) is 0 Å². The number of hydrogen-bond acceptors (Lipinski definition) is 3. The Bertz CT molecular complexity index is 380. The SMILES string of the molecule is CCOCCN(CCOCC)c1cc(Cl)ccc1CBr. The number of rotatable bonds is 10. The summed E-state index contributed by atoms with van der Waals surface area (Å²) in [6.07, 6.45) is 0. The largest absolute Gasteiger partial charge is 0.380 e. The van der Waals surface area contributed by atoms with Crippen LogP contribution in [-0.4, -0.2) is 39.5 Å². The van der Waals surface area contributed by atoms with E-state index in [2.05, 4.69) is 26.9 Å². The molecule has 114 valence electrons. The lowest BCUT2D eigenvalue weighted by Gasteiger charge is -2.27. The second-order valence-electron chi connectivity index (χ2n) is 4.29. The van der Waals surface area contributed by atoms with Crippen molar-refractivity contribution in [2.24, 2.45) is 0 Å². The molecule has 20 heavy (non-hydrogen) atoms. The second-order valence-corrected chi connectivity index (χ2v) is 5.28. The maximum Gasteiger partial charge on any atom is 0.0641 e. The van der Waals surface area contributed by atoms with Crippen LogP contribution in [0.3, 0.4) is 0 Å². The number of alkyl halides is 1. The summed E-state index contributed by atoms with van der Waals surface area (Å²) in [7, 11) is 0. The van der Waals surface area contributed by atoms with Crippen molar-refractivity contribution in [3.63, 3.8) is 0 Å². The van der Waals surface area contributed by atoms with E-state index in [0.717, 1.165) is 42.3 Å². The molecular formula is C15H23BrClNO2. The minimum atomic E-state index is 0.705. The first-order valence-corrected chi connectivity index (χ1v) is 8.47. The van der Waals surface area contributed by atoms with Crippen LogP contribution in [0.15, 0.2) is 18.2 Å². The Morgan fingerprint density at radius 2 is 1.70 bits per heavy atom. The van der Waals surface area contributed by atoms with Crippen molar-refractivity contribution in [3.8, 4) is 0 Å². The van der Waals surface area contributed by atoms with E-state index in [1.807, 2.05) is 26.0 Å². The van der Waals surface area contributed by atoms with Crippen LogP contribution in [-0.2, 0) is 14.8 Å². The molecule has 0 heterocycles. The van der Waals surface area contributed by atoms with Crippen LogP contribution in [0, 0.1) is 0 Å². The summed E-state index contributed by atoms with van der Waals surface area (Å²) in [6, 6.07) is 5.99. The number of anilines is 1. The highest BCUT2D eigenvalue weighted by Crippen LogP contribution is 2.26. The maximum absolute atomic E-state index is 6.14. The fourth-order valence-corrected chi connectivity index (χ4v) is 2.58. The summed E-state index contributed by atoms with van der Waals surface area (Å²) in [5.41, 5.74) is 2.37. The van der Waals surface area contributed by atoms with Crippen molar-refractivity contribution in [2.75, 3.05) is 44.4 Å². The molecule has 1 rings (SSSR count). The van der Waals surface area contributed by atoms with E-state index < -0.39 is 0 Å². The van der Waals surface area contributed by atoms with Gasteiger partial charge in [-0.15, -0.1) is 0 Å². The van der Waals surface area contributed by atoms with Gasteiger partial charge in [-0.3, -0.25) is 0 Å². The average molecular weight is 365 g/mol. The molecule has 0 spiro atoms. The number of benzene rings is 1. The highest BCUT2D eigenvalue weighted by Gasteiger charge is 2.11. The molecule has 0 saturated heterocycles. The van der Waals surface area contributed by atoms with E-state index in [0.29, 0.717) is 13.2 Å². The molecule has 0 unspecified atom stereocenters. The van der Waals surface area contributed by atoms with Crippen molar-refractivity contribution in [1.82, 2.24) is 0 Å². The Balaban J connectivity index is 2.80. The molecule has 1 aromatic carbocycles. The van der Waals surface area contributed by atoms with E-state index >= 15 is 0 Å². The monoisotopic (exact) mass is 363 g/mol. The molecule has 5 heteroatoms. The average Bonchev–Trinajstić information content (AvgIpc) is 2.46. The predicted octanol–water partition coefficient (Wildman–Crippen LogP) is 4.11. The molecule has 3 nitrogen and oxygen atoms in total. The standard InChI is InChI=1S/C15H23BrClNO2/c1-3-19-9-7-18(8-10-20-4-2)15-11-14(17)6-5-13(15)12-16/h5-6,11H,3-4,7-10,12H2,1-2H3. The highest BCUT2D eigenvalue weighted by molar-refractivity contribution is 9.08. The Morgan fingerprint density at radius 1 is 1.10 bits per heavy atom. The van der Waals surface area contributed by atoms with Crippen molar-refractivity contribution in [1.29, 1.82) is 0 Å². The second kappa shape index (κ2) is 10.4. The molecular weight excluding hydrogens is 342 g/mol. The zero-order chi connectivity index (χ0) is 14.8. The lowest BCUT2D eigenvalue weighted by Crippen LogP contribution is -2.31. The number of nitrogens with zero attached hydrogens (tertiary/aromatic N) is 1. The quantitative estimate of drug-likeness (QED) is 0.460. The van der Waals surface area contributed by atoms with Gasteiger partial charge in [0.2, 0.25) is 0 Å². The van der Waals surface area contributed by atoms with Crippen molar-refractivity contribution >= 4 is 33.2 Å². The minimum absolute atomic E-state index is 0.705. The molecule has 0 atom stereocenters. The van der Waals surface area contributed by atoms with E-state index in [4.69, 9.17) is 21.1 Å². The van der Waals surface area contributed by atoms with Gasteiger partial charge < -0.3 is 14.4 Å². The van der Waals surface area contributed by atoms with E-state index in [1.54, 1.807) is 0 Å². The predicted molar refractivity (Wildman–Crippen MR) is 89.3 cm³/mol. The molecule has 0 N–H and O–H groups in total. The number of hydrogen-bond donors (Lipinski definition) is 0. The molecule has 0 bridgehead atoms. The smallest absolute Gasteiger partial charge is 0.0641 e. The zero-order valence-electron chi connectivity index (χ0n) is 12.2. The third kappa shape index (κ3) is 6.00. The first-order chi connectivity index (χ1) is 9.72. The van der Waals surface area contributed by atoms with Gasteiger partial charge in [0.05, 0.1) is 13.2 Å². The van der Waals surface area contributed by atoms with Gasteiger partial charge in [-0.2, -0.15) is 0 Å². The summed E-state index contributed by atoms with van der Waals surface area (Å²) >= 11 is 9.67. The van der Waals surface area contributed by atoms with E-state index in [9.17, 15) is 0 Å². The van der Waals surface area contributed by atoms with Crippen LogP contribution in [0.1, 0.15) is 19.4 Å². The minimum Gasteiger partial charge on any atom is -0.380 e. The van der Waals surface area contributed by atoms with Crippen LogP contribution in [0.2, 0.25) is 5.02 Å². The Kier molecular flexibility index (Phi) is 9.27. The van der Waals surface area contributed by atoms with Gasteiger partial charge in [0.25, 0.3) is 0 Å². The summed E-state index contributed by atoms with van der Waals surface area (Å²) in [6.45, 7) is 8.57. The molecule has 0 aliphatic carbocycles. The number of ether oxygens (including phenoxy) is 2. The third-order valence-corrected chi connectivity index (χ3v) is 3.79. The fraction of sp³-hybridized carbons (Fsp3) is 0.600. The number of halogens is 2. The Morgan fingerprint density at radius 3 is 2.20 bits per heavy atom. The molecule has 0 amide bonds.